The van der Waals surface area contributed by atoms with Gasteiger partial charge in [-0.15, -0.1) is 12.4 Å². The Morgan fingerprint density at radius 3 is 2.41 bits per heavy atom. The van der Waals surface area contributed by atoms with Crippen molar-refractivity contribution >= 4 is 44.3 Å². The van der Waals surface area contributed by atoms with Crippen LogP contribution in [0.1, 0.15) is 15.9 Å². The van der Waals surface area contributed by atoms with Crippen molar-refractivity contribution in [3.05, 3.63) is 27.7 Å². The molecule has 1 rings (SSSR count). The lowest BCUT2D eigenvalue weighted by atomic mass is 10.1. The molecule has 0 aliphatic rings. The fourth-order valence-electron chi connectivity index (χ4n) is 1.56. The Kier molecular flexibility index (Phi) is 7.36. The summed E-state index contributed by atoms with van der Waals surface area (Å²) in [6, 6.07) is 2.55. The molecule has 0 saturated heterocycles. The molecule has 0 heterocycles. The monoisotopic (exact) mass is 421 g/mol. The lowest BCUT2D eigenvalue weighted by Crippen LogP contribution is -2.41. The number of nitrogens with two attached hydrogens (primary N) is 2. The minimum absolute atomic E-state index is 0. The Labute approximate surface area is 141 Å². The zero-order chi connectivity index (χ0) is 16.4. The van der Waals surface area contributed by atoms with Gasteiger partial charge in [0, 0.05) is 10.0 Å². The van der Waals surface area contributed by atoms with E-state index in [1.807, 2.05) is 5.32 Å². The van der Waals surface area contributed by atoms with Crippen LogP contribution in [0.15, 0.2) is 21.5 Å². The molecule has 0 radical (unpaired) electrons. The van der Waals surface area contributed by atoms with Crippen molar-refractivity contribution in [2.24, 2.45) is 10.9 Å². The van der Waals surface area contributed by atoms with Gasteiger partial charge in [-0.1, -0.05) is 15.9 Å². The van der Waals surface area contributed by atoms with Gasteiger partial charge in [-0.3, -0.25) is 4.79 Å². The molecule has 5 N–H and O–H groups in total. The van der Waals surface area contributed by atoms with Gasteiger partial charge in [-0.25, -0.2) is 22.3 Å². The largest absolute Gasteiger partial charge is 0.346 e. The molecule has 0 fully saturated rings. The second-order valence-electron chi connectivity index (χ2n) is 4.36. The van der Waals surface area contributed by atoms with E-state index in [1.54, 1.807) is 0 Å². The molecule has 0 aliphatic carbocycles. The van der Waals surface area contributed by atoms with E-state index in [9.17, 15) is 22.0 Å². The third-order valence-electron chi connectivity index (χ3n) is 2.68. The Morgan fingerprint density at radius 2 is 1.95 bits per heavy atom. The standard InChI is InChI=1S/C11H14BrF2N3O3S.ClH/c1-6-8(10(18)17-5-11(13,14)4-15)2-7(12)3-9(6)21(16,19)20;/h2-3H,4-5,15H2,1H3,(H,17,18)(H2,16,19,20);1H. The SMILES string of the molecule is Cc1c(C(=O)NCC(F)(F)CN)cc(Br)cc1S(N)(=O)=O.Cl. The minimum atomic E-state index is -4.04. The van der Waals surface area contributed by atoms with Gasteiger partial charge in [0.1, 0.15) is 0 Å². The number of nitrogens with one attached hydrogen (secondary N) is 1. The molecule has 1 amide bonds. The molecule has 0 bridgehead atoms. The number of rotatable bonds is 5. The van der Waals surface area contributed by atoms with E-state index >= 15 is 0 Å². The summed E-state index contributed by atoms with van der Waals surface area (Å²) < 4.78 is 49.2. The summed E-state index contributed by atoms with van der Waals surface area (Å²) in [7, 11) is -4.04. The molecular weight excluding hydrogens is 408 g/mol. The second-order valence-corrected chi connectivity index (χ2v) is 6.81. The van der Waals surface area contributed by atoms with Crippen LogP contribution in [0.2, 0.25) is 0 Å². The summed E-state index contributed by atoms with van der Waals surface area (Å²) in [6.45, 7) is -0.492. The summed E-state index contributed by atoms with van der Waals surface area (Å²) in [4.78, 5) is 11.7. The number of alkyl halides is 2. The van der Waals surface area contributed by atoms with Crippen molar-refractivity contribution in [1.29, 1.82) is 0 Å². The number of amides is 1. The molecule has 0 aromatic heterocycles. The Hall–Kier alpha value is -0.810. The number of primary sulfonamides is 1. The fourth-order valence-corrected chi connectivity index (χ4v) is 3.00. The second kappa shape index (κ2) is 7.64. The number of halogens is 4. The molecule has 1 aromatic carbocycles. The van der Waals surface area contributed by atoms with Crippen LogP contribution in [0.3, 0.4) is 0 Å². The first-order chi connectivity index (χ1) is 9.48. The highest BCUT2D eigenvalue weighted by atomic mass is 79.9. The number of benzene rings is 1. The van der Waals surface area contributed by atoms with E-state index in [4.69, 9.17) is 10.9 Å². The quantitative estimate of drug-likeness (QED) is 0.660. The maximum Gasteiger partial charge on any atom is 0.277 e. The van der Waals surface area contributed by atoms with Gasteiger partial charge in [-0.2, -0.15) is 0 Å². The molecule has 0 aliphatic heterocycles. The minimum Gasteiger partial charge on any atom is -0.346 e. The number of carbonyl (C=O) groups excluding carboxylic acids is 1. The highest BCUT2D eigenvalue weighted by Gasteiger charge is 2.28. The molecule has 0 saturated carbocycles. The van der Waals surface area contributed by atoms with Crippen molar-refractivity contribution < 1.29 is 22.0 Å². The van der Waals surface area contributed by atoms with Crippen molar-refractivity contribution in [2.45, 2.75) is 17.7 Å². The van der Waals surface area contributed by atoms with E-state index in [-0.39, 0.29) is 32.9 Å². The molecule has 126 valence electrons. The van der Waals surface area contributed by atoms with E-state index in [1.165, 1.54) is 19.1 Å². The van der Waals surface area contributed by atoms with Crippen molar-refractivity contribution in [3.63, 3.8) is 0 Å². The van der Waals surface area contributed by atoms with Crippen LogP contribution < -0.4 is 16.2 Å². The molecule has 22 heavy (non-hydrogen) atoms. The van der Waals surface area contributed by atoms with Gasteiger partial charge in [0.05, 0.1) is 18.0 Å². The molecule has 0 unspecified atom stereocenters. The van der Waals surface area contributed by atoms with Crippen LogP contribution in [0, 0.1) is 6.92 Å². The van der Waals surface area contributed by atoms with Crippen LogP contribution in [0.25, 0.3) is 0 Å². The third kappa shape index (κ3) is 5.43. The average molecular weight is 423 g/mol. The summed E-state index contributed by atoms with van der Waals surface area (Å²) >= 11 is 3.04. The topological polar surface area (TPSA) is 115 Å². The predicted molar refractivity (Wildman–Crippen MR) is 83.8 cm³/mol. The first kappa shape index (κ1) is 21.2. The molecule has 1 aromatic rings. The Morgan fingerprint density at radius 1 is 1.41 bits per heavy atom. The van der Waals surface area contributed by atoms with Gasteiger partial charge in [0.25, 0.3) is 11.8 Å². The van der Waals surface area contributed by atoms with Gasteiger partial charge in [-0.05, 0) is 24.6 Å². The van der Waals surface area contributed by atoms with Crippen molar-refractivity contribution in [2.75, 3.05) is 13.1 Å². The van der Waals surface area contributed by atoms with E-state index < -0.39 is 34.9 Å². The normalized spacial score (nSPS) is 11.7. The number of carbonyl (C=O) groups is 1. The molecule has 11 heteroatoms. The van der Waals surface area contributed by atoms with Gasteiger partial charge in [0.2, 0.25) is 10.0 Å². The summed E-state index contributed by atoms with van der Waals surface area (Å²) in [6.07, 6.45) is 0. The Bertz CT molecular complexity index is 671. The zero-order valence-electron chi connectivity index (χ0n) is 11.4. The lowest BCUT2D eigenvalue weighted by molar-refractivity contribution is 0.0118. The van der Waals surface area contributed by atoms with Gasteiger partial charge < -0.3 is 11.1 Å². The van der Waals surface area contributed by atoms with Crippen LogP contribution in [-0.4, -0.2) is 33.3 Å². The van der Waals surface area contributed by atoms with E-state index in [0.29, 0.717) is 0 Å². The van der Waals surface area contributed by atoms with E-state index in [0.717, 1.165) is 0 Å². The van der Waals surface area contributed by atoms with Gasteiger partial charge in [0.15, 0.2) is 0 Å². The molecule has 0 spiro atoms. The first-order valence-electron chi connectivity index (χ1n) is 5.67. The summed E-state index contributed by atoms with van der Waals surface area (Å²) in [5.74, 6) is -4.08. The number of hydrogen-bond acceptors (Lipinski definition) is 4. The summed E-state index contributed by atoms with van der Waals surface area (Å²) in [5.41, 5.74) is 4.87. The Balaban J connectivity index is 0.00000441. The third-order valence-corrected chi connectivity index (χ3v) is 4.18. The van der Waals surface area contributed by atoms with Gasteiger partial charge >= 0.3 is 0 Å². The maximum atomic E-state index is 13.0. The number of hydrogen-bond donors (Lipinski definition) is 3. The molecular formula is C11H15BrClF2N3O3S. The van der Waals surface area contributed by atoms with E-state index in [2.05, 4.69) is 15.9 Å². The first-order valence-corrected chi connectivity index (χ1v) is 8.01. The van der Waals surface area contributed by atoms with Crippen molar-refractivity contribution in [3.8, 4) is 0 Å². The summed E-state index contributed by atoms with van der Waals surface area (Å²) in [5, 5.41) is 7.05. The number of sulfonamides is 1. The maximum absolute atomic E-state index is 13.0. The van der Waals surface area contributed by atoms with Crippen LogP contribution >= 0.6 is 28.3 Å². The van der Waals surface area contributed by atoms with Crippen LogP contribution in [-0.2, 0) is 10.0 Å². The van der Waals surface area contributed by atoms with Crippen LogP contribution in [0.4, 0.5) is 8.78 Å². The van der Waals surface area contributed by atoms with Crippen molar-refractivity contribution in [1.82, 2.24) is 5.32 Å². The average Bonchev–Trinajstić information content (AvgIpc) is 2.37. The predicted octanol–water partition coefficient (Wildman–Crippen LogP) is 1.15. The van der Waals surface area contributed by atoms with Crippen LogP contribution in [0.5, 0.6) is 0 Å². The molecule has 6 nitrogen and oxygen atoms in total. The highest BCUT2D eigenvalue weighted by molar-refractivity contribution is 9.10. The highest BCUT2D eigenvalue weighted by Crippen LogP contribution is 2.24. The fraction of sp³-hybridized carbons (Fsp3) is 0.364. The lowest BCUT2D eigenvalue weighted by Gasteiger charge is -2.16. The smallest absolute Gasteiger partial charge is 0.277 e. The molecule has 0 atom stereocenters. The zero-order valence-corrected chi connectivity index (χ0v) is 14.6.